The average Bonchev–Trinajstić information content (AvgIpc) is 1.38. The molecule has 0 spiro atoms. The van der Waals surface area contributed by atoms with Gasteiger partial charge >= 0.3 is 0 Å². The van der Waals surface area contributed by atoms with Crippen molar-refractivity contribution in [2.24, 2.45) is 0 Å². The lowest BCUT2D eigenvalue weighted by Crippen LogP contribution is -1.80. The van der Waals surface area contributed by atoms with E-state index in [0.29, 0.717) is 8.71 Å². The van der Waals surface area contributed by atoms with Gasteiger partial charge in [-0.05, 0) is 0 Å². The van der Waals surface area contributed by atoms with Crippen molar-refractivity contribution in [1.29, 1.82) is 0 Å². The fourth-order valence-electron chi connectivity index (χ4n) is 0. The zero-order chi connectivity index (χ0) is 4.28. The first-order valence-corrected chi connectivity index (χ1v) is 3.81. The van der Waals surface area contributed by atoms with E-state index in [-0.39, 0.29) is 0 Å². The van der Waals surface area contributed by atoms with Crippen LogP contribution >= 0.6 is 50.1 Å². The zero-order valence-corrected chi connectivity index (χ0v) is 6.92. The highest BCUT2D eigenvalue weighted by molar-refractivity contribution is 14.1. The minimum Gasteiger partial charge on any atom is -0.125 e. The molecule has 0 aliphatic heterocycles. The summed E-state index contributed by atoms with van der Waals surface area (Å²) in [4.78, 5) is 0. The normalized spacial score (nSPS) is 15.0. The molecule has 0 aliphatic carbocycles. The summed E-state index contributed by atoms with van der Waals surface area (Å²) >= 11 is 10.7. The lowest BCUT2D eigenvalue weighted by Gasteiger charge is -1.83. The van der Waals surface area contributed by atoms with E-state index in [4.69, 9.17) is 11.6 Å². The van der Waals surface area contributed by atoms with Crippen LogP contribution in [0, 0.1) is 0 Å². The largest absolute Gasteiger partial charge is 0.125 e. The summed E-state index contributed by atoms with van der Waals surface area (Å²) in [7, 11) is 0. The van der Waals surface area contributed by atoms with Crippen molar-refractivity contribution in [3.63, 3.8) is 0 Å². The van der Waals surface area contributed by atoms with Crippen LogP contribution in [-0.4, -0.2) is 8.71 Å². The molecule has 0 radical (unpaired) electrons. The summed E-state index contributed by atoms with van der Waals surface area (Å²) in [6.07, 6.45) is 0. The zero-order valence-electron chi connectivity index (χ0n) is 2.42. The van der Waals surface area contributed by atoms with E-state index in [1.54, 1.807) is 0 Å². The molecule has 0 saturated heterocycles. The SMILES string of the molecule is ClCC(Br)I. The Labute approximate surface area is 58.5 Å². The number of halogens is 3. The van der Waals surface area contributed by atoms with Gasteiger partial charge in [0.1, 0.15) is 0 Å². The molecule has 0 aromatic rings. The molecule has 1 atom stereocenters. The second-order valence-electron chi connectivity index (χ2n) is 0.545. The number of hydrogen-bond donors (Lipinski definition) is 0. The molecular weight excluding hydrogens is 266 g/mol. The molecule has 0 rings (SSSR count). The Morgan fingerprint density at radius 1 is 2.00 bits per heavy atom. The van der Waals surface area contributed by atoms with Gasteiger partial charge in [-0.2, -0.15) is 0 Å². The third kappa shape index (κ3) is 5.50. The maximum atomic E-state index is 5.28. The summed E-state index contributed by atoms with van der Waals surface area (Å²) in [5, 5.41) is 0. The second-order valence-corrected chi connectivity index (χ2v) is 5.17. The first-order valence-electron chi connectivity index (χ1n) is 1.11. The van der Waals surface area contributed by atoms with Crippen LogP contribution in [-0.2, 0) is 0 Å². The molecule has 0 saturated carbocycles. The van der Waals surface area contributed by atoms with Crippen molar-refractivity contribution in [2.75, 3.05) is 5.88 Å². The van der Waals surface area contributed by atoms with Gasteiger partial charge < -0.3 is 0 Å². The Hall–Kier alpha value is 1.50. The summed E-state index contributed by atoms with van der Waals surface area (Å²) in [6.45, 7) is 0. The van der Waals surface area contributed by atoms with Crippen LogP contribution in [0.25, 0.3) is 0 Å². The highest BCUT2D eigenvalue weighted by Gasteiger charge is 1.87. The van der Waals surface area contributed by atoms with Gasteiger partial charge in [-0.1, -0.05) is 38.5 Å². The summed E-state index contributed by atoms with van der Waals surface area (Å²) < 4.78 is 0.432. The molecule has 0 nitrogen and oxygen atoms in total. The van der Waals surface area contributed by atoms with E-state index in [9.17, 15) is 0 Å². The molecule has 0 aromatic heterocycles. The molecule has 0 aliphatic rings. The maximum absolute atomic E-state index is 5.28. The van der Waals surface area contributed by atoms with Crippen molar-refractivity contribution in [3.8, 4) is 0 Å². The lowest BCUT2D eigenvalue weighted by molar-refractivity contribution is 1.52. The minimum absolute atomic E-state index is 0.432. The predicted octanol–water partition coefficient (Wildman–Crippen LogP) is 2.38. The smallest absolute Gasteiger partial charge is 0.0797 e. The van der Waals surface area contributed by atoms with E-state index < -0.39 is 0 Å². The van der Waals surface area contributed by atoms with Gasteiger partial charge in [-0.25, -0.2) is 0 Å². The molecule has 0 bridgehead atoms. The highest BCUT2D eigenvalue weighted by atomic mass is 127. The van der Waals surface area contributed by atoms with Gasteiger partial charge in [0.2, 0.25) is 0 Å². The van der Waals surface area contributed by atoms with Gasteiger partial charge in [0, 0.05) is 5.88 Å². The van der Waals surface area contributed by atoms with E-state index in [1.807, 2.05) is 0 Å². The average molecular weight is 269 g/mol. The number of hydrogen-bond acceptors (Lipinski definition) is 0. The molecule has 1 unspecified atom stereocenters. The topological polar surface area (TPSA) is 0 Å². The highest BCUT2D eigenvalue weighted by Crippen LogP contribution is 2.08. The molecule has 32 valence electrons. The first kappa shape index (κ1) is 6.50. The van der Waals surface area contributed by atoms with E-state index >= 15 is 0 Å². The van der Waals surface area contributed by atoms with E-state index in [1.165, 1.54) is 0 Å². The van der Waals surface area contributed by atoms with Crippen LogP contribution in [0.4, 0.5) is 0 Å². The Balaban J connectivity index is 2.54. The Kier molecular flexibility index (Phi) is 4.79. The van der Waals surface area contributed by atoms with E-state index in [0.717, 1.165) is 0 Å². The van der Waals surface area contributed by atoms with Crippen LogP contribution in [0.1, 0.15) is 0 Å². The third-order valence-corrected chi connectivity index (χ3v) is 2.08. The number of rotatable bonds is 1. The first-order chi connectivity index (χ1) is 2.27. The fraction of sp³-hybridized carbons (Fsp3) is 1.00. The third-order valence-electron chi connectivity index (χ3n) is 0.117. The van der Waals surface area contributed by atoms with Crippen LogP contribution in [0.15, 0.2) is 0 Å². The van der Waals surface area contributed by atoms with Crippen molar-refractivity contribution in [3.05, 3.63) is 0 Å². The predicted molar refractivity (Wildman–Crippen MR) is 37.5 cm³/mol. The monoisotopic (exact) mass is 268 g/mol. The molecule has 5 heavy (non-hydrogen) atoms. The van der Waals surface area contributed by atoms with Gasteiger partial charge in [0.05, 0.1) is 2.83 Å². The Morgan fingerprint density at radius 3 is 2.20 bits per heavy atom. The molecule has 0 amide bonds. The van der Waals surface area contributed by atoms with Crippen molar-refractivity contribution < 1.29 is 0 Å². The summed E-state index contributed by atoms with van der Waals surface area (Å²) in [5.74, 6) is 0.681. The van der Waals surface area contributed by atoms with Gasteiger partial charge in [-0.3, -0.25) is 0 Å². The Morgan fingerprint density at radius 2 is 2.20 bits per heavy atom. The molecule has 0 aromatic carbocycles. The quantitative estimate of drug-likeness (QED) is 0.506. The maximum Gasteiger partial charge on any atom is 0.0797 e. The Bertz CT molecular complexity index is 23.6. The van der Waals surface area contributed by atoms with Crippen molar-refractivity contribution in [1.82, 2.24) is 0 Å². The second kappa shape index (κ2) is 3.68. The summed E-state index contributed by atoms with van der Waals surface area (Å²) in [6, 6.07) is 0. The van der Waals surface area contributed by atoms with Gasteiger partial charge in [0.25, 0.3) is 0 Å². The standard InChI is InChI=1S/C2H3BrClI/c3-2(5)1-4/h2H,1H2. The number of alkyl halides is 3. The van der Waals surface area contributed by atoms with Gasteiger partial charge in [-0.15, -0.1) is 11.6 Å². The molecular formula is C2H3BrClI. The lowest BCUT2D eigenvalue weighted by atomic mass is 11.0. The summed E-state index contributed by atoms with van der Waals surface area (Å²) in [5.41, 5.74) is 0. The van der Waals surface area contributed by atoms with Crippen molar-refractivity contribution >= 4 is 50.1 Å². The van der Waals surface area contributed by atoms with Crippen LogP contribution < -0.4 is 0 Å². The fourth-order valence-corrected chi connectivity index (χ4v) is 0. The minimum atomic E-state index is 0.432. The molecule has 0 heterocycles. The molecule has 0 fully saturated rings. The molecule has 3 heteroatoms. The van der Waals surface area contributed by atoms with Crippen LogP contribution in [0.5, 0.6) is 0 Å². The van der Waals surface area contributed by atoms with Crippen LogP contribution in [0.3, 0.4) is 0 Å². The van der Waals surface area contributed by atoms with Crippen LogP contribution in [0.2, 0.25) is 0 Å². The molecule has 0 N–H and O–H groups in total. The van der Waals surface area contributed by atoms with Gasteiger partial charge in [0.15, 0.2) is 0 Å². The van der Waals surface area contributed by atoms with Crippen molar-refractivity contribution in [2.45, 2.75) is 2.83 Å². The van der Waals surface area contributed by atoms with E-state index in [2.05, 4.69) is 38.5 Å².